The molecule has 3 rings (SSSR count). The van der Waals surface area contributed by atoms with Gasteiger partial charge in [-0.05, 0) is 52.7 Å². The Balaban J connectivity index is 1.78. The quantitative estimate of drug-likeness (QED) is 0.708. The highest BCUT2D eigenvalue weighted by Crippen LogP contribution is 2.24. The topological polar surface area (TPSA) is 45.9 Å². The van der Waals surface area contributed by atoms with Crippen molar-refractivity contribution in [3.63, 3.8) is 0 Å². The number of hydrogen-bond acceptors (Lipinski definition) is 3. The van der Waals surface area contributed by atoms with Crippen LogP contribution in [0.5, 0.6) is 5.75 Å². The van der Waals surface area contributed by atoms with Crippen LogP contribution < -0.4 is 4.74 Å². The van der Waals surface area contributed by atoms with Crippen molar-refractivity contribution in [3.8, 4) is 11.8 Å². The van der Waals surface area contributed by atoms with Gasteiger partial charge in [0, 0.05) is 10.7 Å². The Morgan fingerprint density at radius 2 is 1.86 bits per heavy atom. The molecular weight excluding hydrogens is 328 g/mol. The van der Waals surface area contributed by atoms with E-state index in [0.29, 0.717) is 12.3 Å². The third-order valence-corrected chi connectivity index (χ3v) is 3.61. The van der Waals surface area contributed by atoms with E-state index in [4.69, 9.17) is 10.00 Å². The molecule has 0 saturated carbocycles. The van der Waals surface area contributed by atoms with Gasteiger partial charge in [-0.1, -0.05) is 28.1 Å². The molecule has 0 atom stereocenters. The molecule has 1 aromatic heterocycles. The first-order valence-corrected chi connectivity index (χ1v) is 7.21. The van der Waals surface area contributed by atoms with Crippen LogP contribution in [0.1, 0.15) is 11.3 Å². The van der Waals surface area contributed by atoms with Gasteiger partial charge in [0.25, 0.3) is 0 Å². The zero-order valence-electron chi connectivity index (χ0n) is 11.1. The van der Waals surface area contributed by atoms with Crippen molar-refractivity contribution in [2.24, 2.45) is 0 Å². The highest BCUT2D eigenvalue weighted by atomic mass is 79.9. The summed E-state index contributed by atoms with van der Waals surface area (Å²) in [7, 11) is 0. The van der Waals surface area contributed by atoms with Gasteiger partial charge in [0.15, 0.2) is 0 Å². The van der Waals surface area contributed by atoms with Crippen LogP contribution in [0.15, 0.2) is 59.2 Å². The predicted octanol–water partition coefficient (Wildman–Crippen LogP) is 4.45. The van der Waals surface area contributed by atoms with Crippen LogP contribution in [-0.2, 0) is 6.61 Å². The zero-order valence-corrected chi connectivity index (χ0v) is 12.7. The van der Waals surface area contributed by atoms with E-state index in [1.165, 1.54) is 0 Å². The van der Waals surface area contributed by atoms with Gasteiger partial charge in [-0.3, -0.25) is 0 Å². The van der Waals surface area contributed by atoms with Gasteiger partial charge in [-0.15, -0.1) is 0 Å². The third kappa shape index (κ3) is 3.21. The molecule has 1 heterocycles. The molecule has 0 amide bonds. The van der Waals surface area contributed by atoms with Gasteiger partial charge in [-0.25, -0.2) is 4.98 Å². The smallest absolute Gasteiger partial charge is 0.140 e. The average molecular weight is 339 g/mol. The summed E-state index contributed by atoms with van der Waals surface area (Å²) in [6.45, 7) is 0.416. The van der Waals surface area contributed by atoms with Crippen molar-refractivity contribution < 1.29 is 4.74 Å². The fraction of sp³-hybridized carbons (Fsp3) is 0.0588. The molecular formula is C17H11BrN2O. The Labute approximate surface area is 130 Å². The van der Waals surface area contributed by atoms with E-state index in [-0.39, 0.29) is 0 Å². The third-order valence-electron chi connectivity index (χ3n) is 3.12. The van der Waals surface area contributed by atoms with Gasteiger partial charge >= 0.3 is 0 Å². The summed E-state index contributed by atoms with van der Waals surface area (Å²) >= 11 is 3.46. The van der Waals surface area contributed by atoms with E-state index in [1.54, 1.807) is 12.3 Å². The number of hydrogen-bond donors (Lipinski definition) is 0. The second kappa shape index (κ2) is 5.94. The van der Waals surface area contributed by atoms with Crippen molar-refractivity contribution in [2.75, 3.05) is 0 Å². The van der Waals surface area contributed by atoms with E-state index < -0.39 is 0 Å². The first kappa shape index (κ1) is 13.6. The number of benzene rings is 2. The Morgan fingerprint density at radius 1 is 1.05 bits per heavy atom. The fourth-order valence-corrected chi connectivity index (χ4v) is 2.46. The lowest BCUT2D eigenvalue weighted by Crippen LogP contribution is -1.96. The van der Waals surface area contributed by atoms with Crippen LogP contribution >= 0.6 is 15.9 Å². The lowest BCUT2D eigenvalue weighted by atomic mass is 10.1. The Morgan fingerprint density at radius 3 is 2.71 bits per heavy atom. The van der Waals surface area contributed by atoms with Gasteiger partial charge in [0.05, 0.1) is 0 Å². The largest absolute Gasteiger partial charge is 0.489 e. The highest BCUT2D eigenvalue weighted by molar-refractivity contribution is 9.10. The standard InChI is InChI=1S/C17H11BrN2O/c18-15-3-1-14-9-17(4-2-13(14)8-15)21-11-12-5-6-20-16(7-12)10-19/h1-9H,11H2. The summed E-state index contributed by atoms with van der Waals surface area (Å²) in [6, 6.07) is 17.7. The Bertz CT molecular complexity index is 840. The molecule has 0 spiro atoms. The van der Waals surface area contributed by atoms with Gasteiger partial charge in [0.1, 0.15) is 24.1 Å². The number of nitrogens with zero attached hydrogens (tertiary/aromatic N) is 2. The van der Waals surface area contributed by atoms with E-state index in [9.17, 15) is 0 Å². The van der Waals surface area contributed by atoms with E-state index >= 15 is 0 Å². The van der Waals surface area contributed by atoms with E-state index in [0.717, 1.165) is 26.6 Å². The molecule has 0 aliphatic rings. The first-order valence-electron chi connectivity index (χ1n) is 6.42. The molecule has 0 fully saturated rings. The summed E-state index contributed by atoms with van der Waals surface area (Å²) in [5.41, 5.74) is 1.33. The molecule has 21 heavy (non-hydrogen) atoms. The van der Waals surface area contributed by atoms with Crippen molar-refractivity contribution in [1.82, 2.24) is 4.98 Å². The maximum Gasteiger partial charge on any atom is 0.140 e. The molecule has 0 N–H and O–H groups in total. The number of fused-ring (bicyclic) bond motifs is 1. The predicted molar refractivity (Wildman–Crippen MR) is 84.9 cm³/mol. The van der Waals surface area contributed by atoms with Crippen molar-refractivity contribution in [1.29, 1.82) is 5.26 Å². The molecule has 0 aliphatic carbocycles. The monoisotopic (exact) mass is 338 g/mol. The normalized spacial score (nSPS) is 10.3. The summed E-state index contributed by atoms with van der Waals surface area (Å²) in [5, 5.41) is 11.1. The number of rotatable bonds is 3. The van der Waals surface area contributed by atoms with Crippen LogP contribution in [-0.4, -0.2) is 4.98 Å². The maximum atomic E-state index is 8.83. The SMILES string of the molecule is N#Cc1cc(COc2ccc3cc(Br)ccc3c2)ccn1. The van der Waals surface area contributed by atoms with E-state index in [1.807, 2.05) is 42.5 Å². The molecule has 102 valence electrons. The second-order valence-electron chi connectivity index (χ2n) is 4.60. The van der Waals surface area contributed by atoms with Crippen LogP contribution in [0.2, 0.25) is 0 Å². The van der Waals surface area contributed by atoms with Gasteiger partial charge < -0.3 is 4.74 Å². The molecule has 0 bridgehead atoms. The minimum atomic E-state index is 0.402. The summed E-state index contributed by atoms with van der Waals surface area (Å²) < 4.78 is 6.84. The van der Waals surface area contributed by atoms with Crippen molar-refractivity contribution >= 4 is 26.7 Å². The fourth-order valence-electron chi connectivity index (χ4n) is 2.08. The number of halogens is 1. The molecule has 4 heteroatoms. The molecule has 3 nitrogen and oxygen atoms in total. The molecule has 2 aromatic carbocycles. The maximum absolute atomic E-state index is 8.83. The Hall–Kier alpha value is -2.38. The molecule has 0 saturated heterocycles. The average Bonchev–Trinajstić information content (AvgIpc) is 2.53. The Kier molecular flexibility index (Phi) is 3.85. The number of nitriles is 1. The van der Waals surface area contributed by atoms with Gasteiger partial charge in [-0.2, -0.15) is 5.26 Å². The minimum absolute atomic E-state index is 0.402. The summed E-state index contributed by atoms with van der Waals surface area (Å²) in [5.74, 6) is 0.806. The van der Waals surface area contributed by atoms with Crippen LogP contribution in [0.3, 0.4) is 0 Å². The van der Waals surface area contributed by atoms with Crippen LogP contribution in [0.4, 0.5) is 0 Å². The number of ether oxygens (including phenoxy) is 1. The second-order valence-corrected chi connectivity index (χ2v) is 5.52. The molecule has 0 aliphatic heterocycles. The molecule has 3 aromatic rings. The molecule has 0 unspecified atom stereocenters. The summed E-state index contributed by atoms with van der Waals surface area (Å²) in [4.78, 5) is 3.94. The van der Waals surface area contributed by atoms with Crippen LogP contribution in [0.25, 0.3) is 10.8 Å². The number of aromatic nitrogens is 1. The van der Waals surface area contributed by atoms with Crippen molar-refractivity contribution in [3.05, 3.63) is 70.5 Å². The molecule has 0 radical (unpaired) electrons. The van der Waals surface area contributed by atoms with E-state index in [2.05, 4.69) is 27.0 Å². The lowest BCUT2D eigenvalue weighted by molar-refractivity contribution is 0.306. The number of pyridine rings is 1. The minimum Gasteiger partial charge on any atom is -0.489 e. The zero-order chi connectivity index (χ0) is 14.7. The van der Waals surface area contributed by atoms with Crippen molar-refractivity contribution in [2.45, 2.75) is 6.61 Å². The highest BCUT2D eigenvalue weighted by Gasteiger charge is 2.01. The van der Waals surface area contributed by atoms with Crippen LogP contribution in [0, 0.1) is 11.3 Å². The lowest BCUT2D eigenvalue weighted by Gasteiger charge is -2.08. The summed E-state index contributed by atoms with van der Waals surface area (Å²) in [6.07, 6.45) is 1.62. The first-order chi connectivity index (χ1) is 10.2. The van der Waals surface area contributed by atoms with Gasteiger partial charge in [0.2, 0.25) is 0 Å².